The van der Waals surface area contributed by atoms with Gasteiger partial charge in [0.1, 0.15) is 12.4 Å². The number of fused-ring (bicyclic) bond motifs is 1. The Bertz CT molecular complexity index is 989. The van der Waals surface area contributed by atoms with Crippen molar-refractivity contribution in [3.05, 3.63) is 95.6 Å². The number of hydrogen-bond acceptors (Lipinski definition) is 3. The Labute approximate surface area is 151 Å². The molecule has 0 radical (unpaired) electrons. The number of likely N-dealkylation sites (N-methyl/N-ethyl adjacent to an activating group) is 1. The molecule has 1 aliphatic heterocycles. The number of ketones is 1. The zero-order chi connectivity index (χ0) is 18.1. The Hall–Kier alpha value is -3.14. The van der Waals surface area contributed by atoms with Crippen LogP contribution in [0.3, 0.4) is 0 Å². The molecule has 0 N–H and O–H groups in total. The Morgan fingerprint density at radius 2 is 1.81 bits per heavy atom. The summed E-state index contributed by atoms with van der Waals surface area (Å²) in [4.78, 5) is 14.4. The van der Waals surface area contributed by atoms with Crippen molar-refractivity contribution in [3.8, 4) is 0 Å². The molecule has 1 saturated heterocycles. The van der Waals surface area contributed by atoms with Gasteiger partial charge in [0.25, 0.3) is 0 Å². The SMILES string of the molecule is CN1C(=CC(=O)c2ccc(F)cc2)OCC1c1cccc2ccccc12. The van der Waals surface area contributed by atoms with Crippen LogP contribution < -0.4 is 0 Å². The molecule has 3 aromatic rings. The number of carbonyl (C=O) groups is 1. The minimum Gasteiger partial charge on any atom is -0.476 e. The fourth-order valence-electron chi connectivity index (χ4n) is 3.32. The minimum absolute atomic E-state index is 0.0355. The van der Waals surface area contributed by atoms with E-state index < -0.39 is 0 Å². The highest BCUT2D eigenvalue weighted by molar-refractivity contribution is 6.04. The average Bonchev–Trinajstić information content (AvgIpc) is 3.02. The first kappa shape index (κ1) is 16.3. The largest absolute Gasteiger partial charge is 0.476 e. The number of nitrogens with zero attached hydrogens (tertiary/aromatic N) is 1. The van der Waals surface area contributed by atoms with Crippen LogP contribution in [0, 0.1) is 5.82 Å². The summed E-state index contributed by atoms with van der Waals surface area (Å²) in [5, 5.41) is 2.36. The molecule has 1 heterocycles. The van der Waals surface area contributed by atoms with Crippen LogP contribution in [0.1, 0.15) is 22.0 Å². The average molecular weight is 347 g/mol. The summed E-state index contributed by atoms with van der Waals surface area (Å²) in [5.41, 5.74) is 1.60. The van der Waals surface area contributed by atoms with E-state index in [0.717, 1.165) is 0 Å². The van der Waals surface area contributed by atoms with Gasteiger partial charge in [-0.05, 0) is 40.6 Å². The predicted octanol–water partition coefficient (Wildman–Crippen LogP) is 4.71. The third-order valence-corrected chi connectivity index (χ3v) is 4.77. The van der Waals surface area contributed by atoms with Crippen molar-refractivity contribution in [2.45, 2.75) is 6.04 Å². The zero-order valence-electron chi connectivity index (χ0n) is 14.4. The van der Waals surface area contributed by atoms with E-state index in [2.05, 4.69) is 24.3 Å². The Kier molecular flexibility index (Phi) is 4.17. The van der Waals surface area contributed by atoms with E-state index in [4.69, 9.17) is 4.74 Å². The van der Waals surface area contributed by atoms with Crippen LogP contribution in [-0.4, -0.2) is 24.3 Å². The van der Waals surface area contributed by atoms with Gasteiger partial charge in [-0.15, -0.1) is 0 Å². The van der Waals surface area contributed by atoms with Crippen LogP contribution in [-0.2, 0) is 4.74 Å². The molecular weight excluding hydrogens is 329 g/mol. The van der Waals surface area contributed by atoms with Crippen LogP contribution in [0.15, 0.2) is 78.7 Å². The second-order valence-corrected chi connectivity index (χ2v) is 6.36. The van der Waals surface area contributed by atoms with Gasteiger partial charge in [0.2, 0.25) is 0 Å². The molecular formula is C22H18FNO2. The van der Waals surface area contributed by atoms with Crippen molar-refractivity contribution in [1.29, 1.82) is 0 Å². The predicted molar refractivity (Wildman–Crippen MR) is 99.2 cm³/mol. The number of allylic oxidation sites excluding steroid dienone is 1. The third-order valence-electron chi connectivity index (χ3n) is 4.77. The van der Waals surface area contributed by atoms with E-state index in [9.17, 15) is 9.18 Å². The van der Waals surface area contributed by atoms with Crippen molar-refractivity contribution >= 4 is 16.6 Å². The van der Waals surface area contributed by atoms with Gasteiger partial charge in [0, 0.05) is 18.7 Å². The van der Waals surface area contributed by atoms with Gasteiger partial charge in [-0.3, -0.25) is 4.79 Å². The van der Waals surface area contributed by atoms with Gasteiger partial charge in [0.15, 0.2) is 11.7 Å². The van der Waals surface area contributed by atoms with E-state index in [0.29, 0.717) is 18.1 Å². The minimum atomic E-state index is -0.362. The lowest BCUT2D eigenvalue weighted by molar-refractivity contribution is 0.103. The quantitative estimate of drug-likeness (QED) is 0.508. The van der Waals surface area contributed by atoms with Crippen LogP contribution in [0.2, 0.25) is 0 Å². The van der Waals surface area contributed by atoms with Gasteiger partial charge < -0.3 is 9.64 Å². The fourth-order valence-corrected chi connectivity index (χ4v) is 3.32. The lowest BCUT2D eigenvalue weighted by Gasteiger charge is -2.21. The summed E-state index contributed by atoms with van der Waals surface area (Å²) in [5.74, 6) is -0.0397. The number of hydrogen-bond donors (Lipinski definition) is 0. The van der Waals surface area contributed by atoms with Crippen molar-refractivity contribution in [2.24, 2.45) is 0 Å². The molecule has 0 saturated carbocycles. The van der Waals surface area contributed by atoms with Gasteiger partial charge >= 0.3 is 0 Å². The van der Waals surface area contributed by atoms with Crippen LogP contribution >= 0.6 is 0 Å². The Balaban J connectivity index is 1.62. The highest BCUT2D eigenvalue weighted by atomic mass is 19.1. The molecule has 26 heavy (non-hydrogen) atoms. The smallest absolute Gasteiger partial charge is 0.193 e. The molecule has 0 aliphatic carbocycles. The fraction of sp³-hybridized carbons (Fsp3) is 0.136. The van der Waals surface area contributed by atoms with E-state index in [1.165, 1.54) is 46.7 Å². The lowest BCUT2D eigenvalue weighted by Crippen LogP contribution is -2.18. The number of carbonyl (C=O) groups excluding carboxylic acids is 1. The van der Waals surface area contributed by atoms with Gasteiger partial charge in [0.05, 0.1) is 6.04 Å². The van der Waals surface area contributed by atoms with E-state index in [-0.39, 0.29) is 17.6 Å². The van der Waals surface area contributed by atoms with Gasteiger partial charge in [-0.2, -0.15) is 0 Å². The van der Waals surface area contributed by atoms with Crippen LogP contribution in [0.4, 0.5) is 4.39 Å². The number of benzene rings is 3. The van der Waals surface area contributed by atoms with Crippen molar-refractivity contribution in [1.82, 2.24) is 4.90 Å². The first-order valence-electron chi connectivity index (χ1n) is 8.48. The third kappa shape index (κ3) is 2.94. The van der Waals surface area contributed by atoms with E-state index >= 15 is 0 Å². The number of ether oxygens (including phenoxy) is 1. The molecule has 0 spiro atoms. The molecule has 1 unspecified atom stereocenters. The van der Waals surface area contributed by atoms with E-state index in [1.807, 2.05) is 30.1 Å². The van der Waals surface area contributed by atoms with Crippen LogP contribution in [0.5, 0.6) is 0 Å². The Morgan fingerprint density at radius 3 is 2.62 bits per heavy atom. The highest BCUT2D eigenvalue weighted by Crippen LogP contribution is 2.34. The molecule has 1 aliphatic rings. The maximum absolute atomic E-state index is 13.0. The summed E-state index contributed by atoms with van der Waals surface area (Å²) in [6.45, 7) is 0.479. The number of rotatable bonds is 3. The molecule has 1 atom stereocenters. The standard InChI is InChI=1S/C22H18FNO2/c1-24-20(19-8-4-6-15-5-2-3-7-18(15)19)14-26-22(24)13-21(25)16-9-11-17(23)12-10-16/h2-13,20H,14H2,1H3. The molecule has 3 nitrogen and oxygen atoms in total. The topological polar surface area (TPSA) is 29.5 Å². The molecule has 4 heteroatoms. The monoisotopic (exact) mass is 347 g/mol. The summed E-state index contributed by atoms with van der Waals surface area (Å²) in [6.07, 6.45) is 1.47. The maximum atomic E-state index is 13.0. The molecule has 4 rings (SSSR count). The molecule has 0 amide bonds. The van der Waals surface area contributed by atoms with Gasteiger partial charge in [-0.25, -0.2) is 4.39 Å². The zero-order valence-corrected chi connectivity index (χ0v) is 14.4. The first-order valence-corrected chi connectivity index (χ1v) is 8.48. The normalized spacial score (nSPS) is 18.3. The molecule has 0 aromatic heterocycles. The molecule has 1 fully saturated rings. The number of halogens is 1. The molecule has 3 aromatic carbocycles. The summed E-state index contributed by atoms with van der Waals surface area (Å²) < 4.78 is 18.8. The highest BCUT2D eigenvalue weighted by Gasteiger charge is 2.29. The lowest BCUT2D eigenvalue weighted by atomic mass is 9.99. The second kappa shape index (κ2) is 6.64. The van der Waals surface area contributed by atoms with Gasteiger partial charge in [-0.1, -0.05) is 42.5 Å². The van der Waals surface area contributed by atoms with Crippen LogP contribution in [0.25, 0.3) is 10.8 Å². The van der Waals surface area contributed by atoms with Crippen molar-refractivity contribution < 1.29 is 13.9 Å². The van der Waals surface area contributed by atoms with Crippen molar-refractivity contribution in [2.75, 3.05) is 13.7 Å². The summed E-state index contributed by atoms with van der Waals surface area (Å²) >= 11 is 0. The van der Waals surface area contributed by atoms with E-state index in [1.54, 1.807) is 0 Å². The second-order valence-electron chi connectivity index (χ2n) is 6.36. The van der Waals surface area contributed by atoms with Crippen molar-refractivity contribution in [3.63, 3.8) is 0 Å². The summed E-state index contributed by atoms with van der Waals surface area (Å²) in [7, 11) is 1.92. The maximum Gasteiger partial charge on any atom is 0.193 e. The molecule has 130 valence electrons. The first-order chi connectivity index (χ1) is 12.6. The summed E-state index contributed by atoms with van der Waals surface area (Å²) in [6, 6.07) is 20.0. The Morgan fingerprint density at radius 1 is 1.08 bits per heavy atom. The molecule has 0 bridgehead atoms.